The molecular formula is C13H21NS. The van der Waals surface area contributed by atoms with Crippen LogP contribution in [0.4, 0.5) is 0 Å². The van der Waals surface area contributed by atoms with Gasteiger partial charge in [0.05, 0.1) is 0 Å². The normalized spacial score (nSPS) is 19.5. The van der Waals surface area contributed by atoms with Crippen LogP contribution in [-0.2, 0) is 0 Å². The number of hydrogen-bond acceptors (Lipinski definition) is 2. The van der Waals surface area contributed by atoms with E-state index >= 15 is 0 Å². The van der Waals surface area contributed by atoms with E-state index in [2.05, 4.69) is 29.8 Å². The summed E-state index contributed by atoms with van der Waals surface area (Å²) in [5, 5.41) is 5.92. The Bertz CT molecular complexity index is 262. The molecule has 1 heterocycles. The van der Waals surface area contributed by atoms with Gasteiger partial charge in [0.1, 0.15) is 0 Å². The van der Waals surface area contributed by atoms with Crippen molar-refractivity contribution in [2.75, 3.05) is 6.54 Å². The summed E-state index contributed by atoms with van der Waals surface area (Å²) < 4.78 is 0. The molecule has 0 radical (unpaired) electrons. The minimum absolute atomic E-state index is 0.632. The highest BCUT2D eigenvalue weighted by Crippen LogP contribution is 2.37. The Morgan fingerprint density at radius 1 is 1.47 bits per heavy atom. The van der Waals surface area contributed by atoms with Crippen molar-refractivity contribution in [2.24, 2.45) is 5.92 Å². The van der Waals surface area contributed by atoms with E-state index in [0.29, 0.717) is 6.04 Å². The average molecular weight is 223 g/mol. The highest BCUT2D eigenvalue weighted by molar-refractivity contribution is 7.10. The van der Waals surface area contributed by atoms with E-state index in [9.17, 15) is 0 Å². The van der Waals surface area contributed by atoms with Gasteiger partial charge in [0.2, 0.25) is 0 Å². The van der Waals surface area contributed by atoms with Gasteiger partial charge in [-0.05, 0) is 43.2 Å². The second kappa shape index (κ2) is 5.66. The van der Waals surface area contributed by atoms with E-state index < -0.39 is 0 Å². The van der Waals surface area contributed by atoms with Crippen LogP contribution in [0.2, 0.25) is 0 Å². The van der Waals surface area contributed by atoms with Gasteiger partial charge in [-0.3, -0.25) is 0 Å². The molecule has 0 aromatic carbocycles. The molecule has 1 unspecified atom stereocenters. The van der Waals surface area contributed by atoms with Crippen LogP contribution in [-0.4, -0.2) is 6.54 Å². The number of hydrogen-bond donors (Lipinski definition) is 1. The molecule has 2 heteroatoms. The molecule has 1 atom stereocenters. The molecule has 1 aliphatic rings. The highest BCUT2D eigenvalue weighted by atomic mass is 32.1. The summed E-state index contributed by atoms with van der Waals surface area (Å²) in [6, 6.07) is 5.10. The lowest BCUT2D eigenvalue weighted by atomic mass is 9.96. The first-order valence-electron chi connectivity index (χ1n) is 6.18. The van der Waals surface area contributed by atoms with Crippen LogP contribution in [0, 0.1) is 5.92 Å². The first-order valence-corrected chi connectivity index (χ1v) is 7.06. The molecule has 84 valence electrons. The fraction of sp³-hybridized carbons (Fsp3) is 0.692. The third kappa shape index (κ3) is 2.82. The number of nitrogens with one attached hydrogen (secondary N) is 1. The average Bonchev–Trinajstić information content (AvgIpc) is 2.90. The topological polar surface area (TPSA) is 12.0 Å². The second-order valence-corrected chi connectivity index (χ2v) is 5.47. The van der Waals surface area contributed by atoms with Gasteiger partial charge in [-0.15, -0.1) is 11.3 Å². The molecule has 1 saturated carbocycles. The first-order chi connectivity index (χ1) is 7.42. The fourth-order valence-corrected chi connectivity index (χ4v) is 3.45. The Morgan fingerprint density at radius 2 is 2.27 bits per heavy atom. The molecule has 0 aliphatic heterocycles. The third-order valence-corrected chi connectivity index (χ3v) is 4.29. The van der Waals surface area contributed by atoms with E-state index in [1.165, 1.54) is 37.0 Å². The van der Waals surface area contributed by atoms with Crippen LogP contribution in [0.3, 0.4) is 0 Å². The van der Waals surface area contributed by atoms with Crippen molar-refractivity contribution in [1.29, 1.82) is 0 Å². The van der Waals surface area contributed by atoms with Crippen LogP contribution < -0.4 is 5.32 Å². The smallest absolute Gasteiger partial charge is 0.0443 e. The summed E-state index contributed by atoms with van der Waals surface area (Å²) in [5.41, 5.74) is 0. The van der Waals surface area contributed by atoms with E-state index in [1.807, 2.05) is 11.3 Å². The van der Waals surface area contributed by atoms with E-state index in [4.69, 9.17) is 0 Å². The summed E-state index contributed by atoms with van der Waals surface area (Å²) in [7, 11) is 0. The summed E-state index contributed by atoms with van der Waals surface area (Å²) >= 11 is 1.91. The van der Waals surface area contributed by atoms with Gasteiger partial charge in [0, 0.05) is 10.9 Å². The molecule has 1 N–H and O–H groups in total. The minimum atomic E-state index is 0.632. The van der Waals surface area contributed by atoms with Crippen LogP contribution in [0.5, 0.6) is 0 Å². The molecule has 1 nitrogen and oxygen atoms in total. The van der Waals surface area contributed by atoms with Crippen molar-refractivity contribution in [2.45, 2.75) is 45.1 Å². The predicted molar refractivity (Wildman–Crippen MR) is 67.3 cm³/mol. The van der Waals surface area contributed by atoms with E-state index in [0.717, 1.165) is 12.5 Å². The van der Waals surface area contributed by atoms with Crippen molar-refractivity contribution in [3.8, 4) is 0 Å². The van der Waals surface area contributed by atoms with Crippen LogP contribution in [0.1, 0.15) is 49.9 Å². The summed E-state index contributed by atoms with van der Waals surface area (Å²) in [6.45, 7) is 3.40. The third-order valence-electron chi connectivity index (χ3n) is 3.34. The number of thiophene rings is 1. The molecule has 15 heavy (non-hydrogen) atoms. The zero-order valence-electron chi connectivity index (χ0n) is 9.54. The predicted octanol–water partition coefficient (Wildman–Crippen LogP) is 3.98. The van der Waals surface area contributed by atoms with Crippen molar-refractivity contribution < 1.29 is 0 Å². The fourth-order valence-electron chi connectivity index (χ4n) is 2.56. The molecule has 0 amide bonds. The Kier molecular flexibility index (Phi) is 4.21. The standard InChI is InChI=1S/C13H21NS/c1-2-9-14-13(11-6-3-4-7-11)12-8-5-10-15-12/h5,8,10-11,13-14H,2-4,6-7,9H2,1H3. The molecule has 1 aliphatic carbocycles. The van der Waals surface area contributed by atoms with E-state index in [1.54, 1.807) is 0 Å². The van der Waals surface area contributed by atoms with Gasteiger partial charge in [-0.25, -0.2) is 0 Å². The zero-order chi connectivity index (χ0) is 10.5. The quantitative estimate of drug-likeness (QED) is 0.796. The van der Waals surface area contributed by atoms with Crippen molar-refractivity contribution in [1.82, 2.24) is 5.32 Å². The first kappa shape index (κ1) is 11.2. The molecule has 1 aromatic heterocycles. The summed E-state index contributed by atoms with van der Waals surface area (Å²) in [6.07, 6.45) is 6.92. The van der Waals surface area contributed by atoms with Gasteiger partial charge < -0.3 is 5.32 Å². The monoisotopic (exact) mass is 223 g/mol. The van der Waals surface area contributed by atoms with E-state index in [-0.39, 0.29) is 0 Å². The Hall–Kier alpha value is -0.340. The van der Waals surface area contributed by atoms with Gasteiger partial charge in [0.25, 0.3) is 0 Å². The van der Waals surface area contributed by atoms with Gasteiger partial charge in [-0.1, -0.05) is 25.8 Å². The maximum Gasteiger partial charge on any atom is 0.0443 e. The SMILES string of the molecule is CCCNC(c1cccs1)C1CCCC1. The maximum absolute atomic E-state index is 3.72. The molecule has 0 bridgehead atoms. The summed E-state index contributed by atoms with van der Waals surface area (Å²) in [4.78, 5) is 1.54. The summed E-state index contributed by atoms with van der Waals surface area (Å²) in [5.74, 6) is 0.884. The highest BCUT2D eigenvalue weighted by Gasteiger charge is 2.26. The zero-order valence-corrected chi connectivity index (χ0v) is 10.4. The lowest BCUT2D eigenvalue weighted by Crippen LogP contribution is -2.27. The van der Waals surface area contributed by atoms with Crippen molar-refractivity contribution in [3.63, 3.8) is 0 Å². The van der Waals surface area contributed by atoms with Gasteiger partial charge >= 0.3 is 0 Å². The minimum Gasteiger partial charge on any atom is -0.309 e. The Balaban J connectivity index is 2.01. The van der Waals surface area contributed by atoms with Gasteiger partial charge in [-0.2, -0.15) is 0 Å². The largest absolute Gasteiger partial charge is 0.309 e. The molecule has 0 saturated heterocycles. The molecule has 1 fully saturated rings. The molecule has 2 rings (SSSR count). The number of rotatable bonds is 5. The van der Waals surface area contributed by atoms with Gasteiger partial charge in [0.15, 0.2) is 0 Å². The molecule has 0 spiro atoms. The lowest BCUT2D eigenvalue weighted by Gasteiger charge is -2.23. The van der Waals surface area contributed by atoms with Crippen molar-refractivity contribution in [3.05, 3.63) is 22.4 Å². The molecular weight excluding hydrogens is 202 g/mol. The second-order valence-electron chi connectivity index (χ2n) is 4.49. The lowest BCUT2D eigenvalue weighted by molar-refractivity contribution is 0.373. The Morgan fingerprint density at radius 3 is 2.87 bits per heavy atom. The van der Waals surface area contributed by atoms with Crippen LogP contribution in [0.15, 0.2) is 17.5 Å². The van der Waals surface area contributed by atoms with Crippen molar-refractivity contribution >= 4 is 11.3 Å². The Labute approximate surface area is 96.9 Å². The van der Waals surface area contributed by atoms with Crippen LogP contribution >= 0.6 is 11.3 Å². The van der Waals surface area contributed by atoms with Crippen LogP contribution in [0.25, 0.3) is 0 Å². The molecule has 1 aromatic rings. The maximum atomic E-state index is 3.72.